The van der Waals surface area contributed by atoms with Gasteiger partial charge in [0.15, 0.2) is 4.77 Å². The van der Waals surface area contributed by atoms with Crippen molar-refractivity contribution in [2.24, 2.45) is 0 Å². The molecule has 0 atom stereocenters. The lowest BCUT2D eigenvalue weighted by molar-refractivity contribution is 0.190. The Bertz CT molecular complexity index is 310. The fraction of sp³-hybridized carbons (Fsp3) is 0.667. The summed E-state index contributed by atoms with van der Waals surface area (Å²) in [6.07, 6.45) is 0.783. The van der Waals surface area contributed by atoms with E-state index >= 15 is 0 Å². The van der Waals surface area contributed by atoms with Gasteiger partial charge in [-0.25, -0.2) is 9.89 Å². The molecule has 12 heavy (non-hydrogen) atoms. The average molecular weight is 189 g/mol. The third-order valence-corrected chi connectivity index (χ3v) is 1.82. The molecule has 0 aliphatic rings. The van der Waals surface area contributed by atoms with E-state index in [2.05, 4.69) is 10.2 Å². The molecule has 5 nitrogen and oxygen atoms in total. The van der Waals surface area contributed by atoms with Crippen LogP contribution in [0.1, 0.15) is 6.42 Å². The molecule has 0 fully saturated rings. The molecule has 0 saturated carbocycles. The van der Waals surface area contributed by atoms with Crippen molar-refractivity contribution < 1.29 is 4.74 Å². The molecule has 0 bridgehead atoms. The van der Waals surface area contributed by atoms with Crippen LogP contribution in [0.3, 0.4) is 0 Å². The van der Waals surface area contributed by atoms with Crippen LogP contribution in [0.25, 0.3) is 0 Å². The highest BCUT2D eigenvalue weighted by Gasteiger charge is 1.97. The van der Waals surface area contributed by atoms with Crippen molar-refractivity contribution in [3.05, 3.63) is 15.3 Å². The van der Waals surface area contributed by atoms with Crippen LogP contribution in [-0.2, 0) is 11.3 Å². The van der Waals surface area contributed by atoms with E-state index in [-0.39, 0.29) is 5.69 Å². The van der Waals surface area contributed by atoms with E-state index in [1.165, 1.54) is 4.57 Å². The summed E-state index contributed by atoms with van der Waals surface area (Å²) in [7, 11) is 1.63. The smallest absolute Gasteiger partial charge is 0.342 e. The molecule has 0 radical (unpaired) electrons. The van der Waals surface area contributed by atoms with Gasteiger partial charge in [0.2, 0.25) is 0 Å². The molecule has 68 valence electrons. The van der Waals surface area contributed by atoms with E-state index in [4.69, 9.17) is 17.0 Å². The van der Waals surface area contributed by atoms with Crippen LogP contribution in [0.5, 0.6) is 0 Å². The Morgan fingerprint density at radius 1 is 1.58 bits per heavy atom. The molecule has 0 saturated heterocycles. The molecule has 1 rings (SSSR count). The first-order valence-electron chi connectivity index (χ1n) is 3.62. The third-order valence-electron chi connectivity index (χ3n) is 1.50. The van der Waals surface area contributed by atoms with E-state index in [0.29, 0.717) is 17.9 Å². The topological polar surface area (TPSA) is 62.8 Å². The second kappa shape index (κ2) is 4.22. The summed E-state index contributed by atoms with van der Waals surface area (Å²) in [5.41, 5.74) is -0.198. The molecule has 0 aliphatic heterocycles. The van der Waals surface area contributed by atoms with Crippen molar-refractivity contribution >= 4 is 12.2 Å². The Morgan fingerprint density at radius 2 is 2.33 bits per heavy atom. The quantitative estimate of drug-likeness (QED) is 0.528. The maximum absolute atomic E-state index is 11.0. The monoisotopic (exact) mass is 189 g/mol. The Morgan fingerprint density at radius 3 is 2.83 bits per heavy atom. The summed E-state index contributed by atoms with van der Waals surface area (Å²) in [6.45, 7) is 1.22. The minimum absolute atomic E-state index is 0.198. The summed E-state index contributed by atoms with van der Waals surface area (Å²) >= 11 is 4.86. The van der Waals surface area contributed by atoms with Gasteiger partial charge in [-0.05, 0) is 18.6 Å². The van der Waals surface area contributed by atoms with Crippen molar-refractivity contribution in [2.45, 2.75) is 13.0 Å². The molecule has 0 spiro atoms. The average Bonchev–Trinajstić information content (AvgIpc) is 2.35. The number of methoxy groups -OCH3 is 1. The minimum Gasteiger partial charge on any atom is -0.385 e. The lowest BCUT2D eigenvalue weighted by Gasteiger charge is -1.98. The first-order chi connectivity index (χ1) is 5.75. The first-order valence-corrected chi connectivity index (χ1v) is 4.03. The van der Waals surface area contributed by atoms with Crippen LogP contribution in [0, 0.1) is 4.77 Å². The Kier molecular flexibility index (Phi) is 3.24. The molecular formula is C6H11N3O2S. The van der Waals surface area contributed by atoms with Gasteiger partial charge in [0.25, 0.3) is 0 Å². The SMILES string of the molecule is COCCCn1c(=O)[nH][nH]c1=S. The number of H-pyrrole nitrogens is 2. The van der Waals surface area contributed by atoms with Gasteiger partial charge in [-0.1, -0.05) is 0 Å². The predicted molar refractivity (Wildman–Crippen MR) is 46.7 cm³/mol. The highest BCUT2D eigenvalue weighted by molar-refractivity contribution is 7.71. The van der Waals surface area contributed by atoms with Crippen molar-refractivity contribution in [1.29, 1.82) is 0 Å². The van der Waals surface area contributed by atoms with Crippen LogP contribution in [0.15, 0.2) is 4.79 Å². The Hall–Kier alpha value is -0.880. The van der Waals surface area contributed by atoms with E-state index in [1.54, 1.807) is 7.11 Å². The van der Waals surface area contributed by atoms with Gasteiger partial charge in [0.1, 0.15) is 0 Å². The summed E-state index contributed by atoms with van der Waals surface area (Å²) < 4.78 is 6.74. The Labute approximate surface area is 74.4 Å². The number of aromatic amines is 2. The van der Waals surface area contributed by atoms with E-state index < -0.39 is 0 Å². The number of aromatic nitrogens is 3. The van der Waals surface area contributed by atoms with Crippen molar-refractivity contribution in [1.82, 2.24) is 14.8 Å². The molecule has 1 heterocycles. The van der Waals surface area contributed by atoms with Gasteiger partial charge >= 0.3 is 5.69 Å². The van der Waals surface area contributed by atoms with E-state index in [9.17, 15) is 4.79 Å². The zero-order valence-electron chi connectivity index (χ0n) is 6.79. The van der Waals surface area contributed by atoms with Gasteiger partial charge in [-0.3, -0.25) is 9.67 Å². The number of hydrogen-bond acceptors (Lipinski definition) is 3. The second-order valence-electron chi connectivity index (χ2n) is 2.36. The van der Waals surface area contributed by atoms with Crippen molar-refractivity contribution in [3.8, 4) is 0 Å². The largest absolute Gasteiger partial charge is 0.385 e. The molecular weight excluding hydrogens is 178 g/mol. The second-order valence-corrected chi connectivity index (χ2v) is 2.74. The standard InChI is InChI=1S/C6H11N3O2S/c1-11-4-2-3-9-5(10)7-8-6(9)12/h2-4H2,1H3,(H,7,10)(H,8,12). The van der Waals surface area contributed by atoms with Gasteiger partial charge in [0.05, 0.1) is 0 Å². The highest BCUT2D eigenvalue weighted by atomic mass is 32.1. The number of nitrogens with one attached hydrogen (secondary N) is 2. The maximum atomic E-state index is 11.0. The van der Waals surface area contributed by atoms with Gasteiger partial charge < -0.3 is 4.74 Å². The molecule has 0 amide bonds. The molecule has 1 aromatic rings. The maximum Gasteiger partial charge on any atom is 0.342 e. The highest BCUT2D eigenvalue weighted by Crippen LogP contribution is 1.87. The van der Waals surface area contributed by atoms with Crippen LogP contribution in [0.2, 0.25) is 0 Å². The molecule has 0 unspecified atom stereocenters. The lowest BCUT2D eigenvalue weighted by atomic mass is 10.4. The molecule has 6 heteroatoms. The summed E-state index contributed by atoms with van der Waals surface area (Å²) in [6, 6.07) is 0. The van der Waals surface area contributed by atoms with Gasteiger partial charge in [-0.15, -0.1) is 0 Å². The molecule has 2 N–H and O–H groups in total. The number of ether oxygens (including phenoxy) is 1. The van der Waals surface area contributed by atoms with Crippen molar-refractivity contribution in [2.75, 3.05) is 13.7 Å². The van der Waals surface area contributed by atoms with Crippen molar-refractivity contribution in [3.63, 3.8) is 0 Å². The molecule has 0 aliphatic carbocycles. The van der Waals surface area contributed by atoms with Gasteiger partial charge in [-0.2, -0.15) is 0 Å². The van der Waals surface area contributed by atoms with E-state index in [1.807, 2.05) is 0 Å². The predicted octanol–water partition coefficient (Wildman–Crippen LogP) is 0.270. The number of rotatable bonds is 4. The number of nitrogens with zero attached hydrogens (tertiary/aromatic N) is 1. The lowest BCUT2D eigenvalue weighted by Crippen LogP contribution is -2.17. The third kappa shape index (κ3) is 2.05. The van der Waals surface area contributed by atoms with Crippen LogP contribution < -0.4 is 5.69 Å². The summed E-state index contributed by atoms with van der Waals surface area (Å²) in [5, 5.41) is 4.96. The van der Waals surface area contributed by atoms with Crippen LogP contribution >= 0.6 is 12.2 Å². The van der Waals surface area contributed by atoms with Crippen LogP contribution in [0.4, 0.5) is 0 Å². The number of hydrogen-bond donors (Lipinski definition) is 2. The van der Waals surface area contributed by atoms with Gasteiger partial charge in [0, 0.05) is 20.3 Å². The zero-order valence-corrected chi connectivity index (χ0v) is 7.61. The molecule has 0 aromatic carbocycles. The normalized spacial score (nSPS) is 10.4. The summed E-state index contributed by atoms with van der Waals surface area (Å²) in [4.78, 5) is 11.0. The van der Waals surface area contributed by atoms with Crippen LogP contribution in [-0.4, -0.2) is 28.5 Å². The minimum atomic E-state index is -0.198. The zero-order chi connectivity index (χ0) is 8.97. The summed E-state index contributed by atoms with van der Waals surface area (Å²) in [5.74, 6) is 0. The Balaban J connectivity index is 2.62. The fourth-order valence-electron chi connectivity index (χ4n) is 0.904. The molecule has 1 aromatic heterocycles. The first kappa shape index (κ1) is 9.21. The fourth-order valence-corrected chi connectivity index (χ4v) is 1.13. The van der Waals surface area contributed by atoms with E-state index in [0.717, 1.165) is 6.42 Å².